The fourth-order valence-electron chi connectivity index (χ4n) is 3.44. The number of aromatic nitrogens is 2. The van der Waals surface area contributed by atoms with E-state index in [0.29, 0.717) is 0 Å². The summed E-state index contributed by atoms with van der Waals surface area (Å²) >= 11 is 1.44. The molecule has 0 spiro atoms. The van der Waals surface area contributed by atoms with Crippen molar-refractivity contribution in [2.45, 2.75) is 25.8 Å². The van der Waals surface area contributed by atoms with Crippen LogP contribution in [0.15, 0.2) is 30.3 Å². The van der Waals surface area contributed by atoms with Gasteiger partial charge in [0.15, 0.2) is 0 Å². The first-order valence-electron chi connectivity index (χ1n) is 8.77. The van der Waals surface area contributed by atoms with Gasteiger partial charge in [0.25, 0.3) is 5.91 Å². The summed E-state index contributed by atoms with van der Waals surface area (Å²) in [6.45, 7) is 3.83. The molecule has 1 fully saturated rings. The normalized spacial score (nSPS) is 14.9. The first-order valence-corrected chi connectivity index (χ1v) is 9.59. The maximum absolute atomic E-state index is 13.2. The number of nitrogens with one attached hydrogen (secondary N) is 1. The predicted molar refractivity (Wildman–Crippen MR) is 109 cm³/mol. The number of hydrogen-bond acceptors (Lipinski definition) is 4. The third-order valence-corrected chi connectivity index (χ3v) is 6.10. The van der Waals surface area contributed by atoms with Crippen LogP contribution in [0.25, 0.3) is 15.9 Å². The minimum atomic E-state index is -0.278. The van der Waals surface area contributed by atoms with Crippen LogP contribution in [0.1, 0.15) is 28.2 Å². The number of hydrogen-bond donors (Lipinski definition) is 1. The van der Waals surface area contributed by atoms with E-state index in [1.807, 2.05) is 24.9 Å². The standard InChI is InChI=1S/C19H21FN4OS.ClH/c1-12-16-11-17(18(25)23(2)14-7-9-21-10-8-14)26-19(16)24(22-12)15-5-3-13(20)4-6-15;/h3-6,11,14,21H,7-10H2,1-2H3;1H. The zero-order valence-electron chi connectivity index (χ0n) is 15.2. The van der Waals surface area contributed by atoms with Gasteiger partial charge in [0.1, 0.15) is 10.6 Å². The molecule has 3 aromatic rings. The second-order valence-corrected chi connectivity index (χ2v) is 7.73. The van der Waals surface area contributed by atoms with Crippen molar-refractivity contribution in [1.29, 1.82) is 0 Å². The number of nitrogens with zero attached hydrogens (tertiary/aromatic N) is 3. The largest absolute Gasteiger partial charge is 0.338 e. The molecule has 0 saturated carbocycles. The average molecular weight is 409 g/mol. The Morgan fingerprint density at radius 1 is 1.30 bits per heavy atom. The van der Waals surface area contributed by atoms with Gasteiger partial charge in [0.2, 0.25) is 0 Å². The zero-order chi connectivity index (χ0) is 18.3. The van der Waals surface area contributed by atoms with Gasteiger partial charge in [-0.05, 0) is 63.2 Å². The molecule has 1 aliphatic heterocycles. The van der Waals surface area contributed by atoms with E-state index in [4.69, 9.17) is 0 Å². The molecule has 0 atom stereocenters. The quantitative estimate of drug-likeness (QED) is 0.717. The molecule has 1 aliphatic rings. The van der Waals surface area contributed by atoms with E-state index in [1.54, 1.807) is 16.8 Å². The molecule has 0 radical (unpaired) electrons. The van der Waals surface area contributed by atoms with Crippen molar-refractivity contribution >= 4 is 39.9 Å². The highest BCUT2D eigenvalue weighted by Crippen LogP contribution is 2.31. The van der Waals surface area contributed by atoms with Crippen molar-refractivity contribution in [3.8, 4) is 5.69 Å². The molecule has 8 heteroatoms. The fraction of sp³-hybridized carbons (Fsp3) is 0.368. The summed E-state index contributed by atoms with van der Waals surface area (Å²) < 4.78 is 15.0. The van der Waals surface area contributed by atoms with E-state index in [1.165, 1.54) is 23.5 Å². The van der Waals surface area contributed by atoms with Gasteiger partial charge in [-0.1, -0.05) is 0 Å². The summed E-state index contributed by atoms with van der Waals surface area (Å²) in [6, 6.07) is 8.45. The van der Waals surface area contributed by atoms with E-state index in [0.717, 1.165) is 52.4 Å². The van der Waals surface area contributed by atoms with Crippen LogP contribution < -0.4 is 5.32 Å². The maximum Gasteiger partial charge on any atom is 0.264 e. The maximum atomic E-state index is 13.2. The minimum absolute atomic E-state index is 0. The van der Waals surface area contributed by atoms with Crippen molar-refractivity contribution in [2.75, 3.05) is 20.1 Å². The second-order valence-electron chi connectivity index (χ2n) is 6.70. The van der Waals surface area contributed by atoms with Crippen LogP contribution in [0.4, 0.5) is 4.39 Å². The number of fused-ring (bicyclic) bond motifs is 1. The molecule has 4 rings (SSSR count). The highest BCUT2D eigenvalue weighted by atomic mass is 35.5. The molecule has 1 aromatic carbocycles. The van der Waals surface area contributed by atoms with E-state index >= 15 is 0 Å². The van der Waals surface area contributed by atoms with Crippen LogP contribution in [0.3, 0.4) is 0 Å². The van der Waals surface area contributed by atoms with E-state index in [2.05, 4.69) is 10.4 Å². The van der Waals surface area contributed by atoms with Gasteiger partial charge in [-0.25, -0.2) is 9.07 Å². The summed E-state index contributed by atoms with van der Waals surface area (Å²) in [5, 5.41) is 8.86. The smallest absolute Gasteiger partial charge is 0.264 e. The van der Waals surface area contributed by atoms with Crippen molar-refractivity contribution in [1.82, 2.24) is 20.0 Å². The summed E-state index contributed by atoms with van der Waals surface area (Å²) in [5.41, 5.74) is 1.65. The van der Waals surface area contributed by atoms with Crippen LogP contribution in [0, 0.1) is 12.7 Å². The van der Waals surface area contributed by atoms with Crippen LogP contribution in [-0.2, 0) is 0 Å². The SMILES string of the molecule is Cc1nn(-c2ccc(F)cc2)c2sc(C(=O)N(C)C3CCNCC3)cc12.Cl. The highest BCUT2D eigenvalue weighted by molar-refractivity contribution is 7.20. The number of amides is 1. The van der Waals surface area contributed by atoms with Crippen molar-refractivity contribution < 1.29 is 9.18 Å². The number of rotatable bonds is 3. The first kappa shape index (κ1) is 19.8. The lowest BCUT2D eigenvalue weighted by Gasteiger charge is -2.31. The van der Waals surface area contributed by atoms with Gasteiger partial charge in [0.05, 0.1) is 16.3 Å². The lowest BCUT2D eigenvalue weighted by molar-refractivity contribution is 0.0708. The minimum Gasteiger partial charge on any atom is -0.338 e. The van der Waals surface area contributed by atoms with Gasteiger partial charge < -0.3 is 10.2 Å². The highest BCUT2D eigenvalue weighted by Gasteiger charge is 2.25. The Labute approximate surface area is 167 Å². The Morgan fingerprint density at radius 2 is 1.96 bits per heavy atom. The molecule has 1 N–H and O–H groups in total. The van der Waals surface area contributed by atoms with Crippen molar-refractivity contribution in [3.63, 3.8) is 0 Å². The van der Waals surface area contributed by atoms with Gasteiger partial charge >= 0.3 is 0 Å². The zero-order valence-corrected chi connectivity index (χ0v) is 16.9. The van der Waals surface area contributed by atoms with E-state index < -0.39 is 0 Å². The molecule has 27 heavy (non-hydrogen) atoms. The number of carbonyl (C=O) groups is 1. The Bertz CT molecular complexity index is 947. The molecule has 1 saturated heterocycles. The molecule has 3 heterocycles. The molecule has 0 unspecified atom stereocenters. The van der Waals surface area contributed by atoms with Gasteiger partial charge in [0, 0.05) is 18.5 Å². The first-order chi connectivity index (χ1) is 12.5. The van der Waals surface area contributed by atoms with Crippen LogP contribution in [-0.4, -0.2) is 46.8 Å². The van der Waals surface area contributed by atoms with Crippen LogP contribution >= 0.6 is 23.7 Å². The average Bonchev–Trinajstić information content (AvgIpc) is 3.23. The topological polar surface area (TPSA) is 50.2 Å². The van der Waals surface area contributed by atoms with Gasteiger partial charge in [-0.3, -0.25) is 4.79 Å². The number of benzene rings is 1. The molecule has 2 aromatic heterocycles. The fourth-order valence-corrected chi connectivity index (χ4v) is 4.61. The van der Waals surface area contributed by atoms with Gasteiger partial charge in [-0.15, -0.1) is 23.7 Å². The molecule has 5 nitrogen and oxygen atoms in total. The Morgan fingerprint density at radius 3 is 2.63 bits per heavy atom. The number of carbonyl (C=O) groups excluding carboxylic acids is 1. The summed E-state index contributed by atoms with van der Waals surface area (Å²) in [6.07, 6.45) is 1.96. The molecule has 144 valence electrons. The third kappa shape index (κ3) is 3.72. The number of aryl methyl sites for hydroxylation is 1. The Kier molecular flexibility index (Phi) is 5.83. The van der Waals surface area contributed by atoms with E-state index in [9.17, 15) is 9.18 Å². The summed E-state index contributed by atoms with van der Waals surface area (Å²) in [4.78, 5) is 16.5. The predicted octanol–water partition coefficient (Wildman–Crippen LogP) is 3.78. The monoisotopic (exact) mass is 408 g/mol. The van der Waals surface area contributed by atoms with Crippen LogP contribution in [0.2, 0.25) is 0 Å². The lowest BCUT2D eigenvalue weighted by Crippen LogP contribution is -2.43. The summed E-state index contributed by atoms with van der Waals surface area (Å²) in [5.74, 6) is -0.220. The Balaban J connectivity index is 0.00000210. The number of thiophene rings is 1. The molecule has 0 bridgehead atoms. The molecule has 1 amide bonds. The Hall–Kier alpha value is -1.96. The molecule has 0 aliphatic carbocycles. The number of halogens is 2. The van der Waals surface area contributed by atoms with Gasteiger partial charge in [-0.2, -0.15) is 5.10 Å². The van der Waals surface area contributed by atoms with E-state index in [-0.39, 0.29) is 30.2 Å². The summed E-state index contributed by atoms with van der Waals surface area (Å²) in [7, 11) is 1.89. The van der Waals surface area contributed by atoms with Crippen molar-refractivity contribution in [3.05, 3.63) is 46.7 Å². The molecular formula is C19H22ClFN4OS. The lowest BCUT2D eigenvalue weighted by atomic mass is 10.1. The molecular weight excluding hydrogens is 387 g/mol. The third-order valence-electron chi connectivity index (χ3n) is 5.00. The number of piperidine rings is 1. The van der Waals surface area contributed by atoms with Crippen molar-refractivity contribution in [2.24, 2.45) is 0 Å². The van der Waals surface area contributed by atoms with Crippen LogP contribution in [0.5, 0.6) is 0 Å². The second kappa shape index (κ2) is 7.96.